The van der Waals surface area contributed by atoms with Crippen molar-refractivity contribution in [1.82, 2.24) is 4.57 Å². The van der Waals surface area contributed by atoms with E-state index in [0.717, 1.165) is 0 Å². The van der Waals surface area contributed by atoms with Crippen molar-refractivity contribution in [2.45, 2.75) is 26.7 Å². The first-order valence-electron chi connectivity index (χ1n) is 9.70. The Morgan fingerprint density at radius 2 is 1.67 bits per heavy atom. The fourth-order valence-corrected chi connectivity index (χ4v) is 3.91. The van der Waals surface area contributed by atoms with Crippen LogP contribution in [0.25, 0.3) is 5.69 Å². The van der Waals surface area contributed by atoms with Crippen LogP contribution in [-0.4, -0.2) is 16.3 Å². The number of fused-ring (bicyclic) bond motifs is 1. The number of hydrogen-bond acceptors (Lipinski definition) is 3. The molecule has 1 N–H and O–H groups in total. The summed E-state index contributed by atoms with van der Waals surface area (Å²) in [7, 11) is 0. The van der Waals surface area contributed by atoms with Gasteiger partial charge in [-0.3, -0.25) is 19.0 Å². The molecule has 0 radical (unpaired) electrons. The third-order valence-corrected chi connectivity index (χ3v) is 5.30. The van der Waals surface area contributed by atoms with E-state index in [2.05, 4.69) is 5.32 Å². The summed E-state index contributed by atoms with van der Waals surface area (Å²) in [5, 5.41) is 2.50. The Hall–Kier alpha value is -3.54. The largest absolute Gasteiger partial charge is 0.319 e. The molecule has 1 aliphatic carbocycles. The van der Waals surface area contributed by atoms with Gasteiger partial charge in [0.05, 0.1) is 5.69 Å². The molecule has 152 valence electrons. The lowest BCUT2D eigenvalue weighted by Gasteiger charge is -2.31. The number of aromatic nitrogens is 1. The molecule has 0 bridgehead atoms. The number of nitrogens with zero attached hydrogens (tertiary/aromatic N) is 1. The maximum atomic E-state index is 14.1. The second kappa shape index (κ2) is 7.37. The van der Waals surface area contributed by atoms with E-state index in [4.69, 9.17) is 0 Å². The first-order chi connectivity index (χ1) is 14.3. The Labute approximate surface area is 173 Å². The number of Topliss-reactive ketones (excluding diaryl/α,β-unsaturated/α-hetero) is 1. The molecule has 1 aliphatic rings. The standard InChI is InChI=1S/C24H21FN2O3/c1-24(2)12-16-17(20(28)13-24)14-27(15-8-4-3-5-9-15)23(30)21(16)22(29)26-19-11-7-6-10-18(19)25/h3-11,14H,12-13H2,1-2H3,(H,26,29). The molecule has 30 heavy (non-hydrogen) atoms. The first kappa shape index (κ1) is 19.8. The van der Waals surface area contributed by atoms with Gasteiger partial charge in [0.25, 0.3) is 11.5 Å². The van der Waals surface area contributed by atoms with Gasteiger partial charge >= 0.3 is 0 Å². The van der Waals surface area contributed by atoms with E-state index in [1.165, 1.54) is 29.0 Å². The lowest BCUT2D eigenvalue weighted by molar-refractivity contribution is 0.0910. The Bertz CT molecular complexity index is 1210. The van der Waals surface area contributed by atoms with E-state index in [1.54, 1.807) is 30.3 Å². The molecule has 4 rings (SSSR count). The second-order valence-corrected chi connectivity index (χ2v) is 8.28. The summed E-state index contributed by atoms with van der Waals surface area (Å²) in [4.78, 5) is 39.4. The third-order valence-electron chi connectivity index (χ3n) is 5.30. The van der Waals surface area contributed by atoms with Crippen LogP contribution in [0.1, 0.15) is 46.5 Å². The van der Waals surface area contributed by atoms with Crippen LogP contribution >= 0.6 is 0 Å². The Balaban J connectivity index is 1.93. The number of hydrogen-bond donors (Lipinski definition) is 1. The summed E-state index contributed by atoms with van der Waals surface area (Å²) in [6, 6.07) is 14.6. The first-order valence-corrected chi connectivity index (χ1v) is 9.70. The molecule has 0 saturated heterocycles. The van der Waals surface area contributed by atoms with Crippen LogP contribution in [0, 0.1) is 11.2 Å². The van der Waals surface area contributed by atoms with Gasteiger partial charge in [0.2, 0.25) is 0 Å². The predicted molar refractivity (Wildman–Crippen MR) is 113 cm³/mol. The van der Waals surface area contributed by atoms with Gasteiger partial charge in [-0.25, -0.2) is 4.39 Å². The number of halogens is 1. The van der Waals surface area contributed by atoms with Gasteiger partial charge in [-0.05, 0) is 41.7 Å². The number of rotatable bonds is 3. The molecule has 0 aliphatic heterocycles. The minimum Gasteiger partial charge on any atom is -0.319 e. The van der Waals surface area contributed by atoms with Crippen molar-refractivity contribution in [3.8, 4) is 5.69 Å². The van der Waals surface area contributed by atoms with E-state index in [0.29, 0.717) is 29.7 Å². The molecule has 2 aromatic carbocycles. The summed E-state index contributed by atoms with van der Waals surface area (Å²) >= 11 is 0. The Morgan fingerprint density at radius 3 is 2.37 bits per heavy atom. The minimum absolute atomic E-state index is 0.0211. The normalized spacial score (nSPS) is 14.8. The summed E-state index contributed by atoms with van der Waals surface area (Å²) < 4.78 is 15.4. The molecule has 0 saturated carbocycles. The molecule has 1 heterocycles. The van der Waals surface area contributed by atoms with Gasteiger partial charge in [-0.1, -0.05) is 44.2 Å². The molecule has 6 heteroatoms. The summed E-state index contributed by atoms with van der Waals surface area (Å²) in [5.41, 5.74) is 0.247. The van der Waals surface area contributed by atoms with Gasteiger partial charge in [0.15, 0.2) is 5.78 Å². The zero-order valence-corrected chi connectivity index (χ0v) is 16.7. The van der Waals surface area contributed by atoms with E-state index < -0.39 is 17.3 Å². The highest BCUT2D eigenvalue weighted by Crippen LogP contribution is 2.36. The highest BCUT2D eigenvalue weighted by Gasteiger charge is 2.36. The Kier molecular flexibility index (Phi) is 4.86. The number of benzene rings is 2. The van der Waals surface area contributed by atoms with E-state index in [-0.39, 0.29) is 22.4 Å². The molecular formula is C24H21FN2O3. The minimum atomic E-state index is -0.725. The zero-order chi connectivity index (χ0) is 21.5. The topological polar surface area (TPSA) is 68.2 Å². The fourth-order valence-electron chi connectivity index (χ4n) is 3.91. The summed E-state index contributed by atoms with van der Waals surface area (Å²) in [6.07, 6.45) is 2.24. The number of anilines is 1. The average molecular weight is 404 g/mol. The smallest absolute Gasteiger partial charge is 0.268 e. The van der Waals surface area contributed by atoms with Gasteiger partial charge in [-0.2, -0.15) is 0 Å². The predicted octanol–water partition coefficient (Wildman–Crippen LogP) is 4.38. The molecule has 0 atom stereocenters. The monoisotopic (exact) mass is 404 g/mol. The number of pyridine rings is 1. The van der Waals surface area contributed by atoms with Crippen LogP contribution in [0.15, 0.2) is 65.6 Å². The number of para-hydroxylation sites is 2. The molecule has 5 nitrogen and oxygen atoms in total. The van der Waals surface area contributed by atoms with Crippen LogP contribution in [-0.2, 0) is 6.42 Å². The van der Waals surface area contributed by atoms with Crippen molar-refractivity contribution < 1.29 is 14.0 Å². The van der Waals surface area contributed by atoms with Crippen molar-refractivity contribution in [2.75, 3.05) is 5.32 Å². The van der Waals surface area contributed by atoms with Crippen LogP contribution in [0.4, 0.5) is 10.1 Å². The van der Waals surface area contributed by atoms with Gasteiger partial charge < -0.3 is 5.32 Å². The van der Waals surface area contributed by atoms with E-state index >= 15 is 0 Å². The highest BCUT2D eigenvalue weighted by molar-refractivity contribution is 6.08. The van der Waals surface area contributed by atoms with E-state index in [9.17, 15) is 18.8 Å². The maximum absolute atomic E-state index is 14.1. The number of carbonyl (C=O) groups is 2. The van der Waals surface area contributed by atoms with Crippen molar-refractivity contribution in [2.24, 2.45) is 5.41 Å². The molecule has 0 fully saturated rings. The van der Waals surface area contributed by atoms with Crippen LogP contribution in [0.2, 0.25) is 0 Å². The third kappa shape index (κ3) is 3.56. The van der Waals surface area contributed by atoms with Crippen LogP contribution < -0.4 is 10.9 Å². The van der Waals surface area contributed by atoms with Crippen LogP contribution in [0.5, 0.6) is 0 Å². The lowest BCUT2D eigenvalue weighted by atomic mass is 9.73. The summed E-state index contributed by atoms with van der Waals surface area (Å²) in [5.74, 6) is -1.45. The Morgan fingerprint density at radius 1 is 1.00 bits per heavy atom. The van der Waals surface area contributed by atoms with E-state index in [1.807, 2.05) is 19.9 Å². The maximum Gasteiger partial charge on any atom is 0.268 e. The van der Waals surface area contributed by atoms with Gasteiger partial charge in [-0.15, -0.1) is 0 Å². The number of carbonyl (C=O) groups excluding carboxylic acids is 2. The summed E-state index contributed by atoms with van der Waals surface area (Å²) in [6.45, 7) is 3.85. The second-order valence-electron chi connectivity index (χ2n) is 8.28. The van der Waals surface area contributed by atoms with Crippen molar-refractivity contribution in [1.29, 1.82) is 0 Å². The molecule has 0 spiro atoms. The lowest BCUT2D eigenvalue weighted by Crippen LogP contribution is -2.37. The average Bonchev–Trinajstić information content (AvgIpc) is 2.69. The molecule has 0 unspecified atom stereocenters. The van der Waals surface area contributed by atoms with Crippen molar-refractivity contribution in [3.05, 3.63) is 93.7 Å². The SMILES string of the molecule is CC1(C)CC(=O)c2cn(-c3ccccc3)c(=O)c(C(=O)Nc3ccccc3F)c2C1. The van der Waals surface area contributed by atoms with Crippen LogP contribution in [0.3, 0.4) is 0 Å². The van der Waals surface area contributed by atoms with Crippen molar-refractivity contribution in [3.63, 3.8) is 0 Å². The molecule has 1 amide bonds. The van der Waals surface area contributed by atoms with Gasteiger partial charge in [0.1, 0.15) is 11.4 Å². The number of ketones is 1. The fraction of sp³-hybridized carbons (Fsp3) is 0.208. The van der Waals surface area contributed by atoms with Gasteiger partial charge in [0, 0.05) is 23.9 Å². The quantitative estimate of drug-likeness (QED) is 0.704. The molecule has 1 aromatic heterocycles. The number of nitrogens with one attached hydrogen (secondary N) is 1. The number of amides is 1. The van der Waals surface area contributed by atoms with Crippen molar-refractivity contribution >= 4 is 17.4 Å². The highest BCUT2D eigenvalue weighted by atomic mass is 19.1. The molecular weight excluding hydrogens is 383 g/mol. The molecule has 3 aromatic rings. The zero-order valence-electron chi connectivity index (χ0n) is 16.7.